The predicted octanol–water partition coefficient (Wildman–Crippen LogP) is 4.01. The fourth-order valence-electron chi connectivity index (χ4n) is 3.16. The average Bonchev–Trinajstić information content (AvgIpc) is 2.72. The number of aromatic nitrogens is 2. The van der Waals surface area contributed by atoms with Gasteiger partial charge in [-0.3, -0.25) is 9.59 Å². The molecule has 5 nitrogen and oxygen atoms in total. The van der Waals surface area contributed by atoms with Gasteiger partial charge < -0.3 is 5.32 Å². The van der Waals surface area contributed by atoms with Gasteiger partial charge in [-0.05, 0) is 30.2 Å². The Balaban J connectivity index is 1.81. The Kier molecular flexibility index (Phi) is 4.72. The molecule has 0 saturated carbocycles. The highest BCUT2D eigenvalue weighted by atomic mass is 16.2. The second-order valence-corrected chi connectivity index (χ2v) is 6.61. The van der Waals surface area contributed by atoms with E-state index in [9.17, 15) is 9.59 Å². The number of hydrogen-bond donors (Lipinski definition) is 1. The van der Waals surface area contributed by atoms with Gasteiger partial charge in [0.25, 0.3) is 11.5 Å². The van der Waals surface area contributed by atoms with Gasteiger partial charge in [-0.25, -0.2) is 4.68 Å². The fourth-order valence-corrected chi connectivity index (χ4v) is 3.16. The van der Waals surface area contributed by atoms with Crippen molar-refractivity contribution in [1.29, 1.82) is 0 Å². The van der Waals surface area contributed by atoms with E-state index >= 15 is 0 Å². The van der Waals surface area contributed by atoms with Gasteiger partial charge in [0, 0.05) is 11.1 Å². The first-order valence-electron chi connectivity index (χ1n) is 9.04. The largest absolute Gasteiger partial charge is 0.320 e. The van der Waals surface area contributed by atoms with E-state index in [0.717, 1.165) is 16.8 Å². The highest BCUT2D eigenvalue weighted by molar-refractivity contribution is 6.11. The third kappa shape index (κ3) is 3.42. The molecule has 0 aliphatic carbocycles. The van der Waals surface area contributed by atoms with Crippen LogP contribution in [0.3, 0.4) is 0 Å². The maximum Gasteiger partial charge on any atom is 0.276 e. The second-order valence-electron chi connectivity index (χ2n) is 6.61. The molecule has 0 atom stereocenters. The van der Waals surface area contributed by atoms with Crippen LogP contribution >= 0.6 is 0 Å². The fraction of sp³-hybridized carbons (Fsp3) is 0.0870. The number of amides is 1. The van der Waals surface area contributed by atoms with Crippen LogP contribution in [0.25, 0.3) is 10.8 Å². The van der Waals surface area contributed by atoms with Gasteiger partial charge in [0.05, 0.1) is 11.9 Å². The van der Waals surface area contributed by atoms with Crippen molar-refractivity contribution in [1.82, 2.24) is 9.78 Å². The SMILES string of the molecule is Cc1ccccc1NC(=O)c1nn(Cc2ccccc2)c(=O)c2ccccc12. The maximum absolute atomic E-state index is 13.0. The maximum atomic E-state index is 13.0. The summed E-state index contributed by atoms with van der Waals surface area (Å²) in [5.41, 5.74) is 2.64. The topological polar surface area (TPSA) is 64.0 Å². The Bertz CT molecular complexity index is 1210. The van der Waals surface area contributed by atoms with Crippen molar-refractivity contribution in [2.24, 2.45) is 0 Å². The minimum atomic E-state index is -0.340. The van der Waals surface area contributed by atoms with Crippen LogP contribution in [-0.2, 0) is 6.54 Å². The van der Waals surface area contributed by atoms with Gasteiger partial charge in [0.2, 0.25) is 0 Å². The summed E-state index contributed by atoms with van der Waals surface area (Å²) in [6.45, 7) is 2.23. The standard InChI is InChI=1S/C23H19N3O2/c1-16-9-5-8-14-20(16)24-22(27)21-18-12-6-7-13-19(18)23(28)26(25-21)15-17-10-3-2-4-11-17/h2-14H,15H2,1H3,(H,24,27). The van der Waals surface area contributed by atoms with Crippen LogP contribution in [0.4, 0.5) is 5.69 Å². The van der Waals surface area contributed by atoms with Crippen molar-refractivity contribution in [3.05, 3.63) is 106 Å². The smallest absolute Gasteiger partial charge is 0.276 e. The molecule has 28 heavy (non-hydrogen) atoms. The molecule has 3 aromatic carbocycles. The highest BCUT2D eigenvalue weighted by Gasteiger charge is 2.17. The van der Waals surface area contributed by atoms with Crippen LogP contribution in [0, 0.1) is 6.92 Å². The molecule has 1 N–H and O–H groups in total. The van der Waals surface area contributed by atoms with E-state index in [-0.39, 0.29) is 17.2 Å². The third-order valence-electron chi connectivity index (χ3n) is 4.65. The number of carbonyl (C=O) groups excluding carboxylic acids is 1. The van der Waals surface area contributed by atoms with Crippen molar-refractivity contribution < 1.29 is 4.79 Å². The Hall–Kier alpha value is -3.73. The Labute approximate surface area is 162 Å². The summed E-state index contributed by atoms with van der Waals surface area (Å²) >= 11 is 0. The number of benzene rings is 3. The Morgan fingerprint density at radius 1 is 0.893 bits per heavy atom. The average molecular weight is 369 g/mol. The summed E-state index contributed by atoms with van der Waals surface area (Å²) < 4.78 is 1.35. The summed E-state index contributed by atoms with van der Waals surface area (Å²) in [7, 11) is 0. The summed E-state index contributed by atoms with van der Waals surface area (Å²) in [5.74, 6) is -0.340. The first-order chi connectivity index (χ1) is 13.6. The molecule has 1 amide bonds. The number of rotatable bonds is 4. The Morgan fingerprint density at radius 2 is 1.54 bits per heavy atom. The van der Waals surface area contributed by atoms with Gasteiger partial charge in [-0.1, -0.05) is 66.7 Å². The molecular formula is C23H19N3O2. The van der Waals surface area contributed by atoms with E-state index in [1.54, 1.807) is 24.3 Å². The van der Waals surface area contributed by atoms with E-state index < -0.39 is 0 Å². The molecule has 0 fully saturated rings. The van der Waals surface area contributed by atoms with Crippen molar-refractivity contribution in [2.75, 3.05) is 5.32 Å². The summed E-state index contributed by atoms with van der Waals surface area (Å²) in [5, 5.41) is 8.35. The molecule has 0 radical (unpaired) electrons. The number of hydrogen-bond acceptors (Lipinski definition) is 3. The third-order valence-corrected chi connectivity index (χ3v) is 4.65. The molecule has 0 spiro atoms. The number of anilines is 1. The first kappa shape index (κ1) is 17.7. The minimum absolute atomic E-state index is 0.216. The molecular weight excluding hydrogens is 350 g/mol. The van der Waals surface area contributed by atoms with Gasteiger partial charge in [-0.15, -0.1) is 0 Å². The molecule has 5 heteroatoms. The number of para-hydroxylation sites is 1. The van der Waals surface area contributed by atoms with Crippen LogP contribution in [0.1, 0.15) is 21.6 Å². The van der Waals surface area contributed by atoms with Crippen LogP contribution in [0.5, 0.6) is 0 Å². The zero-order valence-corrected chi connectivity index (χ0v) is 15.4. The highest BCUT2D eigenvalue weighted by Crippen LogP contribution is 2.18. The number of nitrogens with zero attached hydrogens (tertiary/aromatic N) is 2. The van der Waals surface area contributed by atoms with E-state index in [4.69, 9.17) is 0 Å². The predicted molar refractivity (Wildman–Crippen MR) is 111 cm³/mol. The summed E-state index contributed by atoms with van der Waals surface area (Å²) in [6.07, 6.45) is 0. The lowest BCUT2D eigenvalue weighted by atomic mass is 10.1. The van der Waals surface area contributed by atoms with Crippen LogP contribution in [0.15, 0.2) is 83.7 Å². The van der Waals surface area contributed by atoms with Crippen molar-refractivity contribution in [3.8, 4) is 0 Å². The number of fused-ring (bicyclic) bond motifs is 1. The second kappa shape index (κ2) is 7.48. The van der Waals surface area contributed by atoms with Crippen molar-refractivity contribution >= 4 is 22.4 Å². The first-order valence-corrected chi connectivity index (χ1v) is 9.04. The van der Waals surface area contributed by atoms with E-state index in [1.807, 2.05) is 61.5 Å². The molecule has 0 unspecified atom stereocenters. The quantitative estimate of drug-likeness (QED) is 0.591. The minimum Gasteiger partial charge on any atom is -0.320 e. The lowest BCUT2D eigenvalue weighted by molar-refractivity contribution is 0.102. The molecule has 0 bridgehead atoms. The molecule has 4 aromatic rings. The normalized spacial score (nSPS) is 10.8. The molecule has 0 aliphatic heterocycles. The summed E-state index contributed by atoms with van der Waals surface area (Å²) in [4.78, 5) is 25.9. The number of carbonyl (C=O) groups is 1. The number of aryl methyl sites for hydroxylation is 1. The van der Waals surface area contributed by atoms with E-state index in [0.29, 0.717) is 17.3 Å². The molecule has 138 valence electrons. The van der Waals surface area contributed by atoms with Crippen LogP contribution < -0.4 is 10.9 Å². The molecule has 4 rings (SSSR count). The van der Waals surface area contributed by atoms with Crippen molar-refractivity contribution in [2.45, 2.75) is 13.5 Å². The zero-order valence-electron chi connectivity index (χ0n) is 15.4. The monoisotopic (exact) mass is 369 g/mol. The summed E-state index contributed by atoms with van der Waals surface area (Å²) in [6, 6.07) is 24.2. The molecule has 1 heterocycles. The molecule has 0 aliphatic rings. The van der Waals surface area contributed by atoms with Crippen LogP contribution in [0.2, 0.25) is 0 Å². The van der Waals surface area contributed by atoms with Gasteiger partial charge in [-0.2, -0.15) is 5.10 Å². The van der Waals surface area contributed by atoms with Gasteiger partial charge in [0.1, 0.15) is 0 Å². The van der Waals surface area contributed by atoms with E-state index in [2.05, 4.69) is 10.4 Å². The van der Waals surface area contributed by atoms with E-state index in [1.165, 1.54) is 4.68 Å². The zero-order chi connectivity index (χ0) is 19.5. The molecule has 0 saturated heterocycles. The lowest BCUT2D eigenvalue weighted by Gasteiger charge is -2.12. The van der Waals surface area contributed by atoms with Gasteiger partial charge >= 0.3 is 0 Å². The Morgan fingerprint density at radius 3 is 2.29 bits per heavy atom. The van der Waals surface area contributed by atoms with Crippen molar-refractivity contribution in [3.63, 3.8) is 0 Å². The number of nitrogens with one attached hydrogen (secondary N) is 1. The molecule has 1 aromatic heterocycles. The van der Waals surface area contributed by atoms with Crippen LogP contribution in [-0.4, -0.2) is 15.7 Å². The van der Waals surface area contributed by atoms with Gasteiger partial charge in [0.15, 0.2) is 5.69 Å². The lowest BCUT2D eigenvalue weighted by Crippen LogP contribution is -2.28.